The maximum absolute atomic E-state index is 10.8. The van der Waals surface area contributed by atoms with E-state index in [1.54, 1.807) is 12.3 Å². The number of rotatable bonds is 3. The molecule has 2 rings (SSSR count). The Morgan fingerprint density at radius 2 is 2.20 bits per heavy atom. The lowest BCUT2D eigenvalue weighted by Crippen LogP contribution is -2.28. The van der Waals surface area contributed by atoms with Gasteiger partial charge in [0.15, 0.2) is 0 Å². The molecule has 1 heterocycles. The second kappa shape index (κ2) is 6.51. The largest absolute Gasteiger partial charge is 0.481 e. The number of hydrogen-bond donors (Lipinski definition) is 3. The third kappa shape index (κ3) is 3.94. The highest BCUT2D eigenvalue weighted by molar-refractivity contribution is 5.90. The quantitative estimate of drug-likeness (QED) is 0.784. The van der Waals surface area contributed by atoms with E-state index in [9.17, 15) is 9.59 Å². The molecule has 0 saturated carbocycles. The molecule has 0 saturated heterocycles. The first kappa shape index (κ1) is 15.4. The van der Waals surface area contributed by atoms with Gasteiger partial charge in [0.05, 0.1) is 11.1 Å². The summed E-state index contributed by atoms with van der Waals surface area (Å²) in [5.41, 5.74) is -0.0601. The number of nitrogens with one attached hydrogen (secondary N) is 1. The number of aromatic nitrogens is 2. The van der Waals surface area contributed by atoms with Crippen LogP contribution in [0.3, 0.4) is 0 Å². The van der Waals surface area contributed by atoms with Gasteiger partial charge in [-0.3, -0.25) is 9.89 Å². The molecule has 1 aliphatic carbocycles. The second-order valence-electron chi connectivity index (χ2n) is 4.46. The van der Waals surface area contributed by atoms with Gasteiger partial charge in [0.2, 0.25) is 0 Å². The molecule has 1 aliphatic rings. The predicted molar refractivity (Wildman–Crippen MR) is 73.9 cm³/mol. The van der Waals surface area contributed by atoms with Gasteiger partial charge in [-0.05, 0) is 25.5 Å². The van der Waals surface area contributed by atoms with Gasteiger partial charge in [-0.15, -0.1) is 0 Å². The molecule has 6 heteroatoms. The van der Waals surface area contributed by atoms with Crippen LogP contribution in [-0.2, 0) is 9.59 Å². The van der Waals surface area contributed by atoms with Gasteiger partial charge in [-0.25, -0.2) is 4.79 Å². The lowest BCUT2D eigenvalue weighted by atomic mass is 9.80. The van der Waals surface area contributed by atoms with Crippen LogP contribution in [0.25, 0.3) is 6.08 Å². The van der Waals surface area contributed by atoms with E-state index >= 15 is 0 Å². The molecule has 20 heavy (non-hydrogen) atoms. The predicted octanol–water partition coefficient (Wildman–Crippen LogP) is 2.10. The van der Waals surface area contributed by atoms with Gasteiger partial charge in [0, 0.05) is 11.8 Å². The Morgan fingerprint density at radius 1 is 1.50 bits per heavy atom. The highest BCUT2D eigenvalue weighted by Gasteiger charge is 2.34. The summed E-state index contributed by atoms with van der Waals surface area (Å²) >= 11 is 0. The topological polar surface area (TPSA) is 103 Å². The van der Waals surface area contributed by atoms with E-state index in [1.165, 1.54) is 25.2 Å². The Labute approximate surface area is 116 Å². The smallest absolute Gasteiger partial charge is 0.331 e. The van der Waals surface area contributed by atoms with E-state index in [1.807, 2.05) is 6.07 Å². The molecule has 1 aromatic rings. The summed E-state index contributed by atoms with van der Waals surface area (Å²) in [6, 6.07) is 1.85. The van der Waals surface area contributed by atoms with E-state index < -0.39 is 17.4 Å². The molecule has 1 aromatic heterocycles. The zero-order valence-electron chi connectivity index (χ0n) is 11.0. The molecule has 6 nitrogen and oxygen atoms in total. The van der Waals surface area contributed by atoms with Crippen LogP contribution in [0.15, 0.2) is 42.6 Å². The average molecular weight is 276 g/mol. The van der Waals surface area contributed by atoms with Crippen LogP contribution >= 0.6 is 0 Å². The van der Waals surface area contributed by atoms with Crippen molar-refractivity contribution in [2.24, 2.45) is 5.41 Å². The summed E-state index contributed by atoms with van der Waals surface area (Å²) in [5.74, 6) is -2.06. The number of allylic oxidation sites excluding steroid dienone is 2. The lowest BCUT2D eigenvalue weighted by molar-refractivity contribution is -0.145. The molecular formula is C14H16N2O4. The highest BCUT2D eigenvalue weighted by Crippen LogP contribution is 2.31. The van der Waals surface area contributed by atoms with Crippen LogP contribution in [-0.4, -0.2) is 32.3 Å². The Balaban J connectivity index is 0.000000240. The van der Waals surface area contributed by atoms with E-state index in [4.69, 9.17) is 10.2 Å². The summed E-state index contributed by atoms with van der Waals surface area (Å²) in [6.07, 6.45) is 7.89. The fourth-order valence-corrected chi connectivity index (χ4v) is 1.57. The fourth-order valence-electron chi connectivity index (χ4n) is 1.57. The van der Waals surface area contributed by atoms with Crippen molar-refractivity contribution in [3.63, 3.8) is 0 Å². The molecule has 0 aliphatic heterocycles. The number of hydrogen-bond acceptors (Lipinski definition) is 3. The molecule has 3 N–H and O–H groups in total. The van der Waals surface area contributed by atoms with Crippen LogP contribution in [0.2, 0.25) is 0 Å². The SMILES string of the molecule is C=Cc1cc[nH]n1.CC1(C(=O)O)C=CC=C(C(=O)O)C1. The fraction of sp³-hybridized carbons (Fsp3) is 0.214. The second-order valence-corrected chi connectivity index (χ2v) is 4.46. The normalized spacial score (nSPS) is 20.4. The Bertz CT molecular complexity index is 558. The van der Waals surface area contributed by atoms with Crippen molar-refractivity contribution in [1.29, 1.82) is 0 Å². The zero-order valence-corrected chi connectivity index (χ0v) is 11.0. The number of carbonyl (C=O) groups is 2. The van der Waals surface area contributed by atoms with Crippen molar-refractivity contribution in [3.8, 4) is 0 Å². The maximum atomic E-state index is 10.8. The summed E-state index contributed by atoms with van der Waals surface area (Å²) in [5, 5.41) is 23.9. The van der Waals surface area contributed by atoms with Crippen molar-refractivity contribution < 1.29 is 19.8 Å². The van der Waals surface area contributed by atoms with Gasteiger partial charge < -0.3 is 10.2 Å². The van der Waals surface area contributed by atoms with Gasteiger partial charge in [0.1, 0.15) is 0 Å². The molecule has 1 unspecified atom stereocenters. The average Bonchev–Trinajstić information content (AvgIpc) is 2.92. The molecule has 0 radical (unpaired) electrons. The number of H-pyrrole nitrogens is 1. The Kier molecular flexibility index (Phi) is 5.02. The van der Waals surface area contributed by atoms with Gasteiger partial charge >= 0.3 is 11.9 Å². The van der Waals surface area contributed by atoms with Crippen LogP contribution in [0.5, 0.6) is 0 Å². The van der Waals surface area contributed by atoms with Gasteiger partial charge in [0.25, 0.3) is 0 Å². The molecule has 0 bridgehead atoms. The molecule has 0 fully saturated rings. The zero-order chi connectivity index (χ0) is 15.2. The van der Waals surface area contributed by atoms with Crippen LogP contribution in [0.4, 0.5) is 0 Å². The number of carboxylic acid groups (broad SMARTS) is 2. The van der Waals surface area contributed by atoms with Crippen molar-refractivity contribution in [1.82, 2.24) is 10.2 Å². The van der Waals surface area contributed by atoms with E-state index in [2.05, 4.69) is 16.8 Å². The summed E-state index contributed by atoms with van der Waals surface area (Å²) in [6.45, 7) is 5.02. The van der Waals surface area contributed by atoms with Crippen LogP contribution in [0.1, 0.15) is 19.0 Å². The van der Waals surface area contributed by atoms with Crippen molar-refractivity contribution in [2.75, 3.05) is 0 Å². The maximum Gasteiger partial charge on any atom is 0.331 e. The first-order valence-corrected chi connectivity index (χ1v) is 5.86. The minimum absolute atomic E-state index is 0.0359. The van der Waals surface area contributed by atoms with E-state index in [0.717, 1.165) is 5.69 Å². The Morgan fingerprint density at radius 3 is 2.60 bits per heavy atom. The third-order valence-corrected chi connectivity index (χ3v) is 2.81. The number of aliphatic carboxylic acids is 2. The molecule has 1 atom stereocenters. The number of carboxylic acids is 2. The number of aromatic amines is 1. The number of nitrogens with zero attached hydrogens (tertiary/aromatic N) is 1. The van der Waals surface area contributed by atoms with E-state index in [-0.39, 0.29) is 12.0 Å². The summed E-state index contributed by atoms with van der Waals surface area (Å²) in [7, 11) is 0. The van der Waals surface area contributed by atoms with Gasteiger partial charge in [-0.1, -0.05) is 24.8 Å². The summed E-state index contributed by atoms with van der Waals surface area (Å²) in [4.78, 5) is 21.3. The van der Waals surface area contributed by atoms with Gasteiger partial charge in [-0.2, -0.15) is 5.10 Å². The monoisotopic (exact) mass is 276 g/mol. The van der Waals surface area contributed by atoms with E-state index in [0.29, 0.717) is 0 Å². The van der Waals surface area contributed by atoms with Crippen molar-refractivity contribution in [3.05, 3.63) is 48.3 Å². The molecule has 106 valence electrons. The molecular weight excluding hydrogens is 260 g/mol. The van der Waals surface area contributed by atoms with Crippen LogP contribution in [0, 0.1) is 5.41 Å². The summed E-state index contributed by atoms with van der Waals surface area (Å²) < 4.78 is 0. The first-order valence-electron chi connectivity index (χ1n) is 5.86. The third-order valence-electron chi connectivity index (χ3n) is 2.81. The molecule has 0 aromatic carbocycles. The van der Waals surface area contributed by atoms with Crippen molar-refractivity contribution in [2.45, 2.75) is 13.3 Å². The lowest BCUT2D eigenvalue weighted by Gasteiger charge is -2.23. The Hall–Kier alpha value is -2.63. The first-order chi connectivity index (χ1) is 9.39. The van der Waals surface area contributed by atoms with Crippen LogP contribution < -0.4 is 0 Å². The highest BCUT2D eigenvalue weighted by atomic mass is 16.4. The molecule has 0 amide bonds. The molecule has 0 spiro atoms. The minimum Gasteiger partial charge on any atom is -0.481 e. The van der Waals surface area contributed by atoms with Crippen molar-refractivity contribution >= 4 is 18.0 Å². The standard InChI is InChI=1S/C9H10O4.C5H6N2/c1-9(8(12)13)4-2-3-6(5-9)7(10)11;1-2-5-3-4-6-7-5/h2-4H,5H2,1H3,(H,10,11)(H,12,13);2-4H,1H2,(H,6,7). The minimum atomic E-state index is -1.08.